The molecule has 0 aromatic carbocycles. The minimum absolute atomic E-state index is 0.250. The fourth-order valence-electron chi connectivity index (χ4n) is 2.30. The minimum atomic E-state index is -0.250. The number of anilines is 1. The van der Waals surface area contributed by atoms with Crippen molar-refractivity contribution in [1.29, 1.82) is 0 Å². The van der Waals surface area contributed by atoms with Crippen LogP contribution in [0.4, 0.5) is 5.82 Å². The summed E-state index contributed by atoms with van der Waals surface area (Å²) in [5.41, 5.74) is 10.6. The summed E-state index contributed by atoms with van der Waals surface area (Å²) in [5.74, 6) is 0.371. The minimum Gasteiger partial charge on any atom is -0.483 e. The number of pyridine rings is 1. The number of nitrogens with two attached hydrogens (primary N) is 1. The van der Waals surface area contributed by atoms with Crippen molar-refractivity contribution in [3.05, 3.63) is 41.3 Å². The molecule has 0 spiro atoms. The SMILES string of the molecule is COCCOc1nc(N)c2[nH]cc(Cc3ccc(C)nc3)c2n1.O=CO. The third-order valence-electron chi connectivity index (χ3n) is 3.50. The van der Waals surface area contributed by atoms with Crippen molar-refractivity contribution in [2.45, 2.75) is 13.3 Å². The van der Waals surface area contributed by atoms with Crippen molar-refractivity contribution in [3.63, 3.8) is 0 Å². The van der Waals surface area contributed by atoms with E-state index in [1.54, 1.807) is 7.11 Å². The second-order valence-electron chi connectivity index (χ2n) is 5.36. The molecule has 0 bridgehead atoms. The van der Waals surface area contributed by atoms with Crippen molar-refractivity contribution in [2.75, 3.05) is 26.1 Å². The number of fused-ring (bicyclic) bond motifs is 1. The summed E-state index contributed by atoms with van der Waals surface area (Å²) < 4.78 is 10.4. The van der Waals surface area contributed by atoms with E-state index in [4.69, 9.17) is 25.1 Å². The van der Waals surface area contributed by atoms with Crippen molar-refractivity contribution in [2.24, 2.45) is 0 Å². The Morgan fingerprint density at radius 2 is 2.08 bits per heavy atom. The number of aryl methyl sites for hydroxylation is 1. The lowest BCUT2D eigenvalue weighted by Crippen LogP contribution is -2.08. The fraction of sp³-hybridized carbons (Fsp3) is 0.294. The van der Waals surface area contributed by atoms with Crippen LogP contribution in [-0.2, 0) is 16.0 Å². The van der Waals surface area contributed by atoms with Gasteiger partial charge in [-0.1, -0.05) is 6.07 Å². The molecule has 0 unspecified atom stereocenters. The van der Waals surface area contributed by atoms with Crippen LogP contribution in [0.1, 0.15) is 16.8 Å². The molecule has 3 rings (SSSR count). The van der Waals surface area contributed by atoms with Crippen LogP contribution in [0.25, 0.3) is 11.0 Å². The number of carboxylic acid groups (broad SMARTS) is 1. The Hall–Kier alpha value is -3.20. The molecule has 0 atom stereocenters. The van der Waals surface area contributed by atoms with E-state index in [0.717, 1.165) is 27.9 Å². The molecular formula is C17H21N5O4. The number of ether oxygens (including phenoxy) is 2. The molecule has 26 heavy (non-hydrogen) atoms. The second kappa shape index (κ2) is 9.33. The van der Waals surface area contributed by atoms with Gasteiger partial charge in [0.25, 0.3) is 6.47 Å². The highest BCUT2D eigenvalue weighted by atomic mass is 16.5. The summed E-state index contributed by atoms with van der Waals surface area (Å²) in [4.78, 5) is 24.4. The third kappa shape index (κ3) is 4.90. The highest BCUT2D eigenvalue weighted by Gasteiger charge is 2.12. The van der Waals surface area contributed by atoms with E-state index >= 15 is 0 Å². The molecule has 0 saturated heterocycles. The van der Waals surface area contributed by atoms with Crippen molar-refractivity contribution < 1.29 is 19.4 Å². The number of aromatic nitrogens is 4. The number of hydrogen-bond acceptors (Lipinski definition) is 7. The largest absolute Gasteiger partial charge is 0.483 e. The summed E-state index contributed by atoms with van der Waals surface area (Å²) in [6, 6.07) is 4.31. The Kier molecular flexibility index (Phi) is 6.86. The van der Waals surface area contributed by atoms with Gasteiger partial charge in [0, 0.05) is 37.2 Å². The molecule has 3 aromatic heterocycles. The lowest BCUT2D eigenvalue weighted by atomic mass is 10.1. The van der Waals surface area contributed by atoms with Crippen LogP contribution in [0.3, 0.4) is 0 Å². The monoisotopic (exact) mass is 359 g/mol. The molecule has 4 N–H and O–H groups in total. The molecule has 0 amide bonds. The van der Waals surface area contributed by atoms with Crippen molar-refractivity contribution in [1.82, 2.24) is 19.9 Å². The smallest absolute Gasteiger partial charge is 0.319 e. The van der Waals surface area contributed by atoms with E-state index in [1.165, 1.54) is 0 Å². The molecule has 0 fully saturated rings. The number of nitrogen functional groups attached to an aromatic ring is 1. The lowest BCUT2D eigenvalue weighted by Gasteiger charge is -2.06. The molecule has 0 aliphatic carbocycles. The van der Waals surface area contributed by atoms with Crippen LogP contribution in [0.15, 0.2) is 24.5 Å². The summed E-state index contributed by atoms with van der Waals surface area (Å²) in [6.45, 7) is 2.56. The number of rotatable bonds is 6. The molecule has 0 saturated carbocycles. The number of nitrogens with one attached hydrogen (secondary N) is 1. The summed E-state index contributed by atoms with van der Waals surface area (Å²) in [7, 11) is 1.61. The molecule has 9 heteroatoms. The Bertz CT molecular complexity index is 848. The van der Waals surface area contributed by atoms with E-state index in [0.29, 0.717) is 25.5 Å². The number of hydrogen-bond donors (Lipinski definition) is 3. The number of methoxy groups -OCH3 is 1. The van der Waals surface area contributed by atoms with E-state index in [-0.39, 0.29) is 12.5 Å². The van der Waals surface area contributed by atoms with Gasteiger partial charge in [0.15, 0.2) is 5.82 Å². The van der Waals surface area contributed by atoms with E-state index in [1.807, 2.05) is 25.4 Å². The maximum absolute atomic E-state index is 8.36. The zero-order valence-electron chi connectivity index (χ0n) is 14.6. The van der Waals surface area contributed by atoms with Gasteiger partial charge in [0.1, 0.15) is 17.6 Å². The average Bonchev–Trinajstić information content (AvgIpc) is 3.01. The third-order valence-corrected chi connectivity index (χ3v) is 3.50. The van der Waals surface area contributed by atoms with Gasteiger partial charge < -0.3 is 25.3 Å². The summed E-state index contributed by atoms with van der Waals surface area (Å²) in [6.07, 6.45) is 4.48. The van der Waals surface area contributed by atoms with Gasteiger partial charge in [-0.15, -0.1) is 0 Å². The Labute approximate surface area is 150 Å². The van der Waals surface area contributed by atoms with Crippen LogP contribution >= 0.6 is 0 Å². The maximum Gasteiger partial charge on any atom is 0.319 e. The van der Waals surface area contributed by atoms with Crippen LogP contribution in [0, 0.1) is 6.92 Å². The number of H-pyrrole nitrogens is 1. The van der Waals surface area contributed by atoms with Gasteiger partial charge in [0.05, 0.1) is 6.61 Å². The molecule has 0 radical (unpaired) electrons. The van der Waals surface area contributed by atoms with E-state index in [9.17, 15) is 0 Å². The van der Waals surface area contributed by atoms with Gasteiger partial charge in [-0.3, -0.25) is 9.78 Å². The number of aromatic amines is 1. The first-order valence-corrected chi connectivity index (χ1v) is 7.83. The standard InChI is InChI=1S/C16H19N5O2.CH2O2/c1-10-3-4-11(8-18-10)7-12-9-19-14-13(12)20-16(21-15(14)17)23-6-5-22-2;2-1-3/h3-4,8-9,19H,5-7H2,1-2H3,(H2,17,20,21);1H,(H,2,3). The summed E-state index contributed by atoms with van der Waals surface area (Å²) >= 11 is 0. The first-order valence-electron chi connectivity index (χ1n) is 7.83. The van der Waals surface area contributed by atoms with Crippen LogP contribution < -0.4 is 10.5 Å². The molecule has 0 aliphatic heterocycles. The number of carbonyl (C=O) groups is 1. The van der Waals surface area contributed by atoms with Gasteiger partial charge in [-0.25, -0.2) is 0 Å². The molecule has 0 aliphatic rings. The predicted octanol–water partition coefficient (Wildman–Crippen LogP) is 1.56. The summed E-state index contributed by atoms with van der Waals surface area (Å²) in [5, 5.41) is 6.89. The molecule has 138 valence electrons. The fourth-order valence-corrected chi connectivity index (χ4v) is 2.30. The van der Waals surface area contributed by atoms with E-state index < -0.39 is 0 Å². The normalized spacial score (nSPS) is 10.2. The Morgan fingerprint density at radius 1 is 1.31 bits per heavy atom. The van der Waals surface area contributed by atoms with Crippen molar-refractivity contribution >= 4 is 23.3 Å². The van der Waals surface area contributed by atoms with Crippen LogP contribution in [0.2, 0.25) is 0 Å². The van der Waals surface area contributed by atoms with Gasteiger partial charge in [-0.2, -0.15) is 9.97 Å². The van der Waals surface area contributed by atoms with Crippen molar-refractivity contribution in [3.8, 4) is 6.01 Å². The molecule has 3 aromatic rings. The zero-order chi connectivity index (χ0) is 18.9. The van der Waals surface area contributed by atoms with Gasteiger partial charge >= 0.3 is 6.01 Å². The Balaban J connectivity index is 0.000000758. The molecular weight excluding hydrogens is 338 g/mol. The number of nitrogens with zero attached hydrogens (tertiary/aromatic N) is 3. The maximum atomic E-state index is 8.36. The zero-order valence-corrected chi connectivity index (χ0v) is 14.6. The average molecular weight is 359 g/mol. The van der Waals surface area contributed by atoms with Crippen LogP contribution in [0.5, 0.6) is 6.01 Å². The first kappa shape index (κ1) is 19.1. The highest BCUT2D eigenvalue weighted by molar-refractivity contribution is 5.87. The molecule has 9 nitrogen and oxygen atoms in total. The Morgan fingerprint density at radius 3 is 2.73 bits per heavy atom. The molecule has 3 heterocycles. The quantitative estimate of drug-likeness (QED) is 0.445. The van der Waals surface area contributed by atoms with Crippen LogP contribution in [-0.4, -0.2) is 51.8 Å². The highest BCUT2D eigenvalue weighted by Crippen LogP contribution is 2.24. The van der Waals surface area contributed by atoms with Gasteiger partial charge in [0.2, 0.25) is 0 Å². The predicted molar refractivity (Wildman–Crippen MR) is 96.1 cm³/mol. The van der Waals surface area contributed by atoms with E-state index in [2.05, 4.69) is 26.0 Å². The second-order valence-corrected chi connectivity index (χ2v) is 5.36. The van der Waals surface area contributed by atoms with Gasteiger partial charge in [-0.05, 0) is 18.6 Å². The topological polar surface area (TPSA) is 136 Å². The lowest BCUT2D eigenvalue weighted by molar-refractivity contribution is -0.122. The first-order chi connectivity index (χ1) is 12.6.